The first kappa shape index (κ1) is 16.1. The maximum absolute atomic E-state index is 12.4. The van der Waals surface area contributed by atoms with Crippen molar-refractivity contribution < 1.29 is 18.3 Å². The number of nitriles is 1. The van der Waals surface area contributed by atoms with Crippen LogP contribution in [0.25, 0.3) is 0 Å². The number of aliphatic carboxylic acids is 1. The molecule has 0 aromatic carbocycles. The number of nitrogens with zero attached hydrogens (tertiary/aromatic N) is 4. The van der Waals surface area contributed by atoms with Crippen LogP contribution in [0.15, 0.2) is 17.3 Å². The Labute approximate surface area is 117 Å². The number of hydrogen-bond acceptors (Lipinski definition) is 5. The van der Waals surface area contributed by atoms with Crippen LogP contribution in [0.4, 0.5) is 0 Å². The van der Waals surface area contributed by atoms with Gasteiger partial charge in [-0.25, -0.2) is 8.42 Å². The molecule has 110 valence electrons. The molecule has 0 amide bonds. The van der Waals surface area contributed by atoms with E-state index in [9.17, 15) is 13.2 Å². The van der Waals surface area contributed by atoms with E-state index >= 15 is 0 Å². The van der Waals surface area contributed by atoms with Crippen molar-refractivity contribution in [3.05, 3.63) is 12.4 Å². The largest absolute Gasteiger partial charge is 0.480 e. The third kappa shape index (κ3) is 3.79. The number of rotatable bonds is 7. The summed E-state index contributed by atoms with van der Waals surface area (Å²) < 4.78 is 27.0. The van der Waals surface area contributed by atoms with Crippen molar-refractivity contribution in [2.75, 3.05) is 6.54 Å². The zero-order valence-corrected chi connectivity index (χ0v) is 12.0. The van der Waals surface area contributed by atoms with Gasteiger partial charge in [-0.1, -0.05) is 0 Å². The minimum Gasteiger partial charge on any atom is -0.480 e. The molecule has 0 aliphatic carbocycles. The number of carbonyl (C=O) groups is 1. The van der Waals surface area contributed by atoms with Gasteiger partial charge in [-0.05, 0) is 13.8 Å². The van der Waals surface area contributed by atoms with Gasteiger partial charge in [-0.15, -0.1) is 0 Å². The Morgan fingerprint density at radius 2 is 2.25 bits per heavy atom. The Hall–Kier alpha value is -1.92. The number of hydrogen-bond donors (Lipinski definition) is 1. The van der Waals surface area contributed by atoms with Crippen LogP contribution in [0.5, 0.6) is 0 Å². The monoisotopic (exact) mass is 300 g/mol. The summed E-state index contributed by atoms with van der Waals surface area (Å²) >= 11 is 0. The van der Waals surface area contributed by atoms with E-state index in [1.807, 2.05) is 6.07 Å². The van der Waals surface area contributed by atoms with Gasteiger partial charge in [-0.3, -0.25) is 9.48 Å². The molecule has 0 saturated heterocycles. The lowest BCUT2D eigenvalue weighted by atomic mass is 10.3. The minimum absolute atomic E-state index is 0.0783. The first-order chi connectivity index (χ1) is 9.28. The van der Waals surface area contributed by atoms with Crippen molar-refractivity contribution >= 4 is 16.0 Å². The molecular formula is C11H16N4O4S. The van der Waals surface area contributed by atoms with Crippen LogP contribution in [0, 0.1) is 11.3 Å². The fourth-order valence-corrected chi connectivity index (χ4v) is 3.25. The first-order valence-electron chi connectivity index (χ1n) is 5.92. The van der Waals surface area contributed by atoms with Crippen molar-refractivity contribution in [1.29, 1.82) is 5.26 Å². The van der Waals surface area contributed by atoms with Gasteiger partial charge in [0.1, 0.15) is 11.4 Å². The Morgan fingerprint density at radius 3 is 2.75 bits per heavy atom. The standard InChI is InChI=1S/C11H16N4O4S/c1-9(2)15(5-3-4-12)20(18,19)10-6-13-14(7-10)8-11(16)17/h6-7,9H,3,5,8H2,1-2H3,(H,16,17). The lowest BCUT2D eigenvalue weighted by Gasteiger charge is -2.24. The number of carboxylic acids is 1. The van der Waals surface area contributed by atoms with Crippen LogP contribution >= 0.6 is 0 Å². The molecule has 0 aliphatic heterocycles. The smallest absolute Gasteiger partial charge is 0.325 e. The van der Waals surface area contributed by atoms with E-state index in [0.717, 1.165) is 10.9 Å². The van der Waals surface area contributed by atoms with Gasteiger partial charge in [-0.2, -0.15) is 14.7 Å². The highest BCUT2D eigenvalue weighted by Crippen LogP contribution is 2.17. The second kappa shape index (κ2) is 6.49. The number of carboxylic acid groups (broad SMARTS) is 1. The van der Waals surface area contributed by atoms with Crippen LogP contribution in [0.2, 0.25) is 0 Å². The number of sulfonamides is 1. The Bertz CT molecular complexity index is 615. The second-order valence-corrected chi connectivity index (χ2v) is 6.28. The van der Waals surface area contributed by atoms with E-state index in [4.69, 9.17) is 10.4 Å². The molecule has 8 nitrogen and oxygen atoms in total. The lowest BCUT2D eigenvalue weighted by Crippen LogP contribution is -2.37. The molecule has 0 aliphatic rings. The van der Waals surface area contributed by atoms with E-state index in [0.29, 0.717) is 0 Å². The SMILES string of the molecule is CC(C)N(CCC#N)S(=O)(=O)c1cnn(CC(=O)O)c1. The van der Waals surface area contributed by atoms with Gasteiger partial charge < -0.3 is 5.11 Å². The van der Waals surface area contributed by atoms with Gasteiger partial charge in [0.2, 0.25) is 10.0 Å². The molecule has 1 aromatic rings. The van der Waals surface area contributed by atoms with Gasteiger partial charge in [0.05, 0.1) is 12.3 Å². The van der Waals surface area contributed by atoms with Crippen LogP contribution in [-0.4, -0.2) is 46.2 Å². The highest BCUT2D eigenvalue weighted by atomic mass is 32.2. The summed E-state index contributed by atoms with van der Waals surface area (Å²) in [7, 11) is -3.78. The van der Waals surface area contributed by atoms with E-state index in [-0.39, 0.29) is 23.9 Å². The summed E-state index contributed by atoms with van der Waals surface area (Å²) in [5.74, 6) is -1.11. The number of aromatic nitrogens is 2. The fourth-order valence-electron chi connectivity index (χ4n) is 1.65. The Kier molecular flexibility index (Phi) is 5.24. The highest BCUT2D eigenvalue weighted by molar-refractivity contribution is 7.89. The third-order valence-electron chi connectivity index (χ3n) is 2.53. The van der Waals surface area contributed by atoms with Crippen molar-refractivity contribution in [3.63, 3.8) is 0 Å². The van der Waals surface area contributed by atoms with Crippen LogP contribution < -0.4 is 0 Å². The van der Waals surface area contributed by atoms with E-state index in [1.165, 1.54) is 10.5 Å². The normalized spacial score (nSPS) is 11.8. The van der Waals surface area contributed by atoms with E-state index in [1.54, 1.807) is 13.8 Å². The molecule has 0 saturated carbocycles. The Balaban J connectivity index is 3.04. The predicted octanol–water partition coefficient (Wildman–Crippen LogP) is 0.280. The minimum atomic E-state index is -3.78. The van der Waals surface area contributed by atoms with Crippen molar-refractivity contribution in [2.24, 2.45) is 0 Å². The molecule has 0 spiro atoms. The van der Waals surface area contributed by atoms with Gasteiger partial charge >= 0.3 is 5.97 Å². The molecule has 0 atom stereocenters. The molecule has 0 unspecified atom stereocenters. The van der Waals surface area contributed by atoms with Crippen LogP contribution in [-0.2, 0) is 21.4 Å². The molecule has 9 heteroatoms. The van der Waals surface area contributed by atoms with E-state index < -0.39 is 22.5 Å². The zero-order valence-electron chi connectivity index (χ0n) is 11.2. The summed E-state index contributed by atoms with van der Waals surface area (Å²) in [5, 5.41) is 20.9. The second-order valence-electron chi connectivity index (χ2n) is 4.38. The molecule has 0 fully saturated rings. The predicted molar refractivity (Wildman–Crippen MR) is 69.1 cm³/mol. The summed E-state index contributed by atoms with van der Waals surface area (Å²) in [6, 6.07) is 1.59. The third-order valence-corrected chi connectivity index (χ3v) is 4.56. The first-order valence-corrected chi connectivity index (χ1v) is 7.36. The van der Waals surface area contributed by atoms with Crippen LogP contribution in [0.3, 0.4) is 0 Å². The zero-order chi connectivity index (χ0) is 15.3. The van der Waals surface area contributed by atoms with Crippen LogP contribution in [0.1, 0.15) is 20.3 Å². The van der Waals surface area contributed by atoms with Gasteiger partial charge in [0, 0.05) is 25.2 Å². The summed E-state index contributed by atoms with van der Waals surface area (Å²) in [6.45, 7) is 3.09. The van der Waals surface area contributed by atoms with Gasteiger partial charge in [0.25, 0.3) is 0 Å². The summed E-state index contributed by atoms with van der Waals surface area (Å²) in [5.41, 5.74) is 0. The molecule has 1 N–H and O–H groups in total. The maximum atomic E-state index is 12.4. The average Bonchev–Trinajstić information content (AvgIpc) is 2.77. The quantitative estimate of drug-likeness (QED) is 0.773. The molecule has 0 bridgehead atoms. The Morgan fingerprint density at radius 1 is 1.60 bits per heavy atom. The summed E-state index contributed by atoms with van der Waals surface area (Å²) in [4.78, 5) is 10.5. The fraction of sp³-hybridized carbons (Fsp3) is 0.545. The van der Waals surface area contributed by atoms with Gasteiger partial charge in [0.15, 0.2) is 0 Å². The molecule has 1 rings (SSSR count). The molecular weight excluding hydrogens is 284 g/mol. The average molecular weight is 300 g/mol. The van der Waals surface area contributed by atoms with Crippen molar-refractivity contribution in [2.45, 2.75) is 37.8 Å². The topological polar surface area (TPSA) is 116 Å². The van der Waals surface area contributed by atoms with E-state index in [2.05, 4.69) is 5.10 Å². The summed E-state index contributed by atoms with van der Waals surface area (Å²) in [6.07, 6.45) is 2.37. The van der Waals surface area contributed by atoms with Crippen molar-refractivity contribution in [1.82, 2.24) is 14.1 Å². The molecule has 1 heterocycles. The highest BCUT2D eigenvalue weighted by Gasteiger charge is 2.28. The molecule has 20 heavy (non-hydrogen) atoms. The maximum Gasteiger partial charge on any atom is 0.325 e. The molecule has 1 aromatic heterocycles. The lowest BCUT2D eigenvalue weighted by molar-refractivity contribution is -0.137. The molecule has 0 radical (unpaired) electrons. The van der Waals surface area contributed by atoms with Crippen molar-refractivity contribution in [3.8, 4) is 6.07 Å².